The largest absolute Gasteiger partial charge is 0.354 e. The van der Waals surface area contributed by atoms with Crippen molar-refractivity contribution in [1.82, 2.24) is 5.32 Å². The van der Waals surface area contributed by atoms with Crippen LogP contribution < -0.4 is 16.4 Å². The number of hydrogen-bond acceptors (Lipinski definition) is 3. The van der Waals surface area contributed by atoms with Crippen molar-refractivity contribution in [1.29, 1.82) is 0 Å². The molecule has 0 saturated carbocycles. The van der Waals surface area contributed by atoms with Gasteiger partial charge in [-0.05, 0) is 30.5 Å². The number of amides is 2. The molecule has 0 aliphatic heterocycles. The first-order valence-corrected chi connectivity index (χ1v) is 7.70. The Bertz CT molecular complexity index is 518. The Morgan fingerprint density at radius 3 is 2.62 bits per heavy atom. The van der Waals surface area contributed by atoms with Gasteiger partial charge in [-0.15, -0.1) is 0 Å². The van der Waals surface area contributed by atoms with Crippen molar-refractivity contribution in [3.8, 4) is 0 Å². The maximum absolute atomic E-state index is 11.9. The molecular formula is C15H22BrN3O2. The first-order chi connectivity index (χ1) is 9.81. The normalized spacial score (nSPS) is 12.1. The summed E-state index contributed by atoms with van der Waals surface area (Å²) in [5.41, 5.74) is 7.47. The molecule has 0 aliphatic carbocycles. The zero-order valence-electron chi connectivity index (χ0n) is 12.6. The van der Waals surface area contributed by atoms with Gasteiger partial charge in [-0.3, -0.25) is 9.59 Å². The SMILES string of the molecule is Cc1ccc(Br)cc1NC(=O)CCNC(=O)[C@@H](N)C(C)C. The minimum atomic E-state index is -0.541. The molecule has 21 heavy (non-hydrogen) atoms. The van der Waals surface area contributed by atoms with E-state index in [2.05, 4.69) is 26.6 Å². The second-order valence-corrected chi connectivity index (χ2v) is 6.23. The summed E-state index contributed by atoms with van der Waals surface area (Å²) >= 11 is 3.37. The van der Waals surface area contributed by atoms with Gasteiger partial charge in [0.15, 0.2) is 0 Å². The molecule has 2 amide bonds. The number of aryl methyl sites for hydroxylation is 1. The Morgan fingerprint density at radius 2 is 2.00 bits per heavy atom. The average molecular weight is 356 g/mol. The molecule has 1 atom stereocenters. The van der Waals surface area contributed by atoms with Gasteiger partial charge >= 0.3 is 0 Å². The lowest BCUT2D eigenvalue weighted by molar-refractivity contribution is -0.123. The fourth-order valence-electron chi connectivity index (χ4n) is 1.66. The van der Waals surface area contributed by atoms with E-state index in [9.17, 15) is 9.59 Å². The minimum Gasteiger partial charge on any atom is -0.354 e. The van der Waals surface area contributed by atoms with Crippen molar-refractivity contribution in [3.63, 3.8) is 0 Å². The number of benzene rings is 1. The summed E-state index contributed by atoms with van der Waals surface area (Å²) in [6, 6.07) is 5.14. The summed E-state index contributed by atoms with van der Waals surface area (Å²) in [5.74, 6) is -0.297. The van der Waals surface area contributed by atoms with Crippen LogP contribution in [0, 0.1) is 12.8 Å². The monoisotopic (exact) mass is 355 g/mol. The number of hydrogen-bond donors (Lipinski definition) is 3. The van der Waals surface area contributed by atoms with E-state index in [1.165, 1.54) is 0 Å². The summed E-state index contributed by atoms with van der Waals surface area (Å²) < 4.78 is 0.902. The number of halogens is 1. The van der Waals surface area contributed by atoms with E-state index in [-0.39, 0.29) is 30.7 Å². The van der Waals surface area contributed by atoms with E-state index in [0.717, 1.165) is 15.7 Å². The van der Waals surface area contributed by atoms with Crippen LogP contribution in [0.15, 0.2) is 22.7 Å². The zero-order chi connectivity index (χ0) is 16.0. The van der Waals surface area contributed by atoms with Gasteiger partial charge in [-0.1, -0.05) is 35.8 Å². The highest BCUT2D eigenvalue weighted by molar-refractivity contribution is 9.10. The molecule has 116 valence electrons. The first-order valence-electron chi connectivity index (χ1n) is 6.90. The van der Waals surface area contributed by atoms with E-state index in [1.807, 2.05) is 39.0 Å². The lowest BCUT2D eigenvalue weighted by Crippen LogP contribution is -2.44. The Morgan fingerprint density at radius 1 is 1.33 bits per heavy atom. The van der Waals surface area contributed by atoms with Crippen LogP contribution in [0.1, 0.15) is 25.8 Å². The van der Waals surface area contributed by atoms with Crippen LogP contribution >= 0.6 is 15.9 Å². The third kappa shape index (κ3) is 5.85. The highest BCUT2D eigenvalue weighted by Gasteiger charge is 2.16. The summed E-state index contributed by atoms with van der Waals surface area (Å²) in [7, 11) is 0. The zero-order valence-corrected chi connectivity index (χ0v) is 14.2. The molecular weight excluding hydrogens is 334 g/mol. The molecule has 0 fully saturated rings. The van der Waals surface area contributed by atoms with E-state index in [4.69, 9.17) is 5.73 Å². The fourth-order valence-corrected chi connectivity index (χ4v) is 2.02. The molecule has 1 aromatic rings. The standard InChI is InChI=1S/C15H22BrN3O2/c1-9(2)14(17)15(21)18-7-6-13(20)19-12-8-11(16)5-4-10(12)3/h4-5,8-9,14H,6-7,17H2,1-3H3,(H,18,21)(H,19,20)/t14-/m0/s1. The van der Waals surface area contributed by atoms with Crippen molar-refractivity contribution in [2.24, 2.45) is 11.7 Å². The van der Waals surface area contributed by atoms with Crippen molar-refractivity contribution in [3.05, 3.63) is 28.2 Å². The molecule has 4 N–H and O–H groups in total. The number of carbonyl (C=O) groups excluding carboxylic acids is 2. The minimum absolute atomic E-state index is 0.0724. The van der Waals surface area contributed by atoms with Gasteiger partial charge in [0.1, 0.15) is 0 Å². The van der Waals surface area contributed by atoms with Crippen molar-refractivity contribution in [2.75, 3.05) is 11.9 Å². The van der Waals surface area contributed by atoms with Gasteiger partial charge in [0.05, 0.1) is 6.04 Å². The Kier molecular flexibility index (Phi) is 6.84. The van der Waals surface area contributed by atoms with Gasteiger partial charge in [-0.2, -0.15) is 0 Å². The van der Waals surface area contributed by atoms with Crippen LogP contribution in [0.3, 0.4) is 0 Å². The lowest BCUT2D eigenvalue weighted by Gasteiger charge is -2.15. The topological polar surface area (TPSA) is 84.2 Å². The van der Waals surface area contributed by atoms with E-state index < -0.39 is 6.04 Å². The molecule has 5 nitrogen and oxygen atoms in total. The van der Waals surface area contributed by atoms with Gasteiger partial charge in [-0.25, -0.2) is 0 Å². The van der Waals surface area contributed by atoms with Crippen LogP contribution in [-0.4, -0.2) is 24.4 Å². The average Bonchev–Trinajstić information content (AvgIpc) is 2.41. The Balaban J connectivity index is 2.41. The summed E-state index contributed by atoms with van der Waals surface area (Å²) in [6.07, 6.45) is 0.211. The van der Waals surface area contributed by atoms with Crippen LogP contribution in [0.4, 0.5) is 5.69 Å². The smallest absolute Gasteiger partial charge is 0.237 e. The van der Waals surface area contributed by atoms with Crippen LogP contribution in [-0.2, 0) is 9.59 Å². The molecule has 0 aliphatic rings. The van der Waals surface area contributed by atoms with E-state index in [0.29, 0.717) is 0 Å². The van der Waals surface area contributed by atoms with Crippen LogP contribution in [0.2, 0.25) is 0 Å². The predicted molar refractivity (Wildman–Crippen MR) is 87.9 cm³/mol. The molecule has 0 bridgehead atoms. The highest BCUT2D eigenvalue weighted by atomic mass is 79.9. The van der Waals surface area contributed by atoms with Crippen LogP contribution in [0.25, 0.3) is 0 Å². The molecule has 0 aromatic heterocycles. The number of anilines is 1. The molecule has 6 heteroatoms. The molecule has 0 spiro atoms. The third-order valence-electron chi connectivity index (χ3n) is 3.15. The molecule has 0 saturated heterocycles. The summed E-state index contributed by atoms with van der Waals surface area (Å²) in [4.78, 5) is 23.5. The first kappa shape index (κ1) is 17.7. The Labute approximate surface area is 133 Å². The summed E-state index contributed by atoms with van der Waals surface area (Å²) in [5, 5.41) is 5.50. The maximum atomic E-state index is 11.9. The molecule has 1 aromatic carbocycles. The van der Waals surface area contributed by atoms with Gasteiger partial charge in [0.25, 0.3) is 0 Å². The number of rotatable bonds is 6. The summed E-state index contributed by atoms with van der Waals surface area (Å²) in [6.45, 7) is 5.96. The highest BCUT2D eigenvalue weighted by Crippen LogP contribution is 2.20. The van der Waals surface area contributed by atoms with E-state index in [1.54, 1.807) is 0 Å². The maximum Gasteiger partial charge on any atom is 0.237 e. The molecule has 0 heterocycles. The number of nitrogens with two attached hydrogens (primary N) is 1. The second kappa shape index (κ2) is 8.14. The molecule has 1 rings (SSSR count). The van der Waals surface area contributed by atoms with E-state index >= 15 is 0 Å². The fraction of sp³-hybridized carbons (Fsp3) is 0.467. The van der Waals surface area contributed by atoms with Crippen molar-refractivity contribution >= 4 is 33.4 Å². The van der Waals surface area contributed by atoms with Gasteiger partial charge in [0.2, 0.25) is 11.8 Å². The van der Waals surface area contributed by atoms with Crippen molar-refractivity contribution < 1.29 is 9.59 Å². The molecule has 0 unspecified atom stereocenters. The lowest BCUT2D eigenvalue weighted by atomic mass is 10.1. The van der Waals surface area contributed by atoms with Crippen molar-refractivity contribution in [2.45, 2.75) is 33.2 Å². The second-order valence-electron chi connectivity index (χ2n) is 5.32. The number of carbonyl (C=O) groups is 2. The third-order valence-corrected chi connectivity index (χ3v) is 3.64. The van der Waals surface area contributed by atoms with Crippen LogP contribution in [0.5, 0.6) is 0 Å². The predicted octanol–water partition coefficient (Wildman–Crippen LogP) is 2.19. The van der Waals surface area contributed by atoms with Gasteiger partial charge in [0, 0.05) is 23.1 Å². The van der Waals surface area contributed by atoms with Gasteiger partial charge < -0.3 is 16.4 Å². The molecule has 0 radical (unpaired) electrons. The quantitative estimate of drug-likeness (QED) is 0.731. The number of nitrogens with one attached hydrogen (secondary N) is 2. The Hall–Kier alpha value is -1.40.